The van der Waals surface area contributed by atoms with Gasteiger partial charge >= 0.3 is 0 Å². The van der Waals surface area contributed by atoms with Crippen LogP contribution in [0.4, 0.5) is 0 Å². The lowest BCUT2D eigenvalue weighted by Gasteiger charge is -2.20. The maximum absolute atomic E-state index is 6.34. The summed E-state index contributed by atoms with van der Waals surface area (Å²) in [6, 6.07) is 28.6. The van der Waals surface area contributed by atoms with E-state index in [9.17, 15) is 0 Å². The molecule has 0 radical (unpaired) electrons. The summed E-state index contributed by atoms with van der Waals surface area (Å²) in [5.74, 6) is 1.95. The minimum Gasteiger partial charge on any atom is -0.488 e. The van der Waals surface area contributed by atoms with Crippen molar-refractivity contribution in [1.29, 1.82) is 0 Å². The third-order valence-electron chi connectivity index (χ3n) is 5.33. The Kier molecular flexibility index (Phi) is 7.55. The Bertz CT molecular complexity index is 1110. The van der Waals surface area contributed by atoms with Crippen molar-refractivity contribution in [2.45, 2.75) is 33.0 Å². The second-order valence-electron chi connectivity index (χ2n) is 8.25. The fraction of sp³-hybridized carbons (Fsp3) is 0.167. The van der Waals surface area contributed by atoms with Crippen LogP contribution in [0.15, 0.2) is 97.3 Å². The quantitative estimate of drug-likeness (QED) is 0.272. The molecule has 0 bridgehead atoms. The first-order valence-electron chi connectivity index (χ1n) is 11.3. The zero-order valence-corrected chi connectivity index (χ0v) is 19.1. The van der Waals surface area contributed by atoms with Crippen LogP contribution in [0, 0.1) is 0 Å². The Morgan fingerprint density at radius 3 is 1.73 bits per heavy atom. The summed E-state index contributed by atoms with van der Waals surface area (Å²) in [6.07, 6.45) is 7.75. The van der Waals surface area contributed by atoms with Crippen molar-refractivity contribution >= 4 is 12.2 Å². The number of hydrogen-bond acceptors (Lipinski definition) is 3. The number of aromatic nitrogens is 1. The molecule has 0 saturated heterocycles. The van der Waals surface area contributed by atoms with Crippen molar-refractivity contribution in [1.82, 2.24) is 4.98 Å². The molecule has 4 rings (SSSR count). The van der Waals surface area contributed by atoms with E-state index in [-0.39, 0.29) is 5.92 Å². The Morgan fingerprint density at radius 2 is 1.24 bits per heavy atom. The van der Waals surface area contributed by atoms with Gasteiger partial charge in [0.2, 0.25) is 0 Å². The zero-order chi connectivity index (χ0) is 22.9. The number of hydrogen-bond donors (Lipinski definition) is 0. The smallest absolute Gasteiger partial charge is 0.127 e. The molecule has 0 N–H and O–H groups in total. The van der Waals surface area contributed by atoms with Crippen LogP contribution in [0.25, 0.3) is 12.2 Å². The number of nitrogens with zero attached hydrogens (tertiary/aromatic N) is 1. The molecule has 0 fully saturated rings. The molecule has 0 aliphatic carbocycles. The minimum atomic E-state index is 0.248. The van der Waals surface area contributed by atoms with Crippen LogP contribution in [0.5, 0.6) is 11.5 Å². The van der Waals surface area contributed by atoms with Gasteiger partial charge in [-0.15, -0.1) is 0 Å². The first-order valence-corrected chi connectivity index (χ1v) is 11.3. The largest absolute Gasteiger partial charge is 0.488 e. The molecule has 3 nitrogen and oxygen atoms in total. The van der Waals surface area contributed by atoms with Gasteiger partial charge in [0.25, 0.3) is 0 Å². The topological polar surface area (TPSA) is 31.4 Å². The van der Waals surface area contributed by atoms with Gasteiger partial charge in [-0.25, -0.2) is 0 Å². The van der Waals surface area contributed by atoms with E-state index < -0.39 is 0 Å². The van der Waals surface area contributed by atoms with E-state index in [0.717, 1.165) is 39.3 Å². The van der Waals surface area contributed by atoms with Crippen molar-refractivity contribution in [2.75, 3.05) is 0 Å². The first-order chi connectivity index (χ1) is 16.2. The predicted octanol–water partition coefficient (Wildman–Crippen LogP) is 7.53. The molecule has 0 spiro atoms. The number of pyridine rings is 1. The van der Waals surface area contributed by atoms with E-state index in [4.69, 9.17) is 9.47 Å². The highest BCUT2D eigenvalue weighted by Crippen LogP contribution is 2.38. The highest BCUT2D eigenvalue weighted by Gasteiger charge is 2.17. The summed E-state index contributed by atoms with van der Waals surface area (Å²) in [4.78, 5) is 4.19. The van der Waals surface area contributed by atoms with E-state index in [1.807, 2.05) is 54.7 Å². The van der Waals surface area contributed by atoms with Crippen molar-refractivity contribution in [3.63, 3.8) is 0 Å². The summed E-state index contributed by atoms with van der Waals surface area (Å²) < 4.78 is 12.7. The monoisotopic (exact) mass is 435 g/mol. The fourth-order valence-electron chi connectivity index (χ4n) is 3.66. The fourth-order valence-corrected chi connectivity index (χ4v) is 3.66. The van der Waals surface area contributed by atoms with Crippen molar-refractivity contribution in [2.24, 2.45) is 0 Å². The third kappa shape index (κ3) is 6.33. The van der Waals surface area contributed by atoms with Crippen LogP contribution in [0.2, 0.25) is 0 Å². The van der Waals surface area contributed by atoms with Gasteiger partial charge in [-0.05, 0) is 46.4 Å². The second-order valence-corrected chi connectivity index (χ2v) is 8.25. The van der Waals surface area contributed by atoms with Crippen LogP contribution in [0.3, 0.4) is 0 Å². The van der Waals surface area contributed by atoms with Crippen LogP contribution < -0.4 is 9.47 Å². The Balaban J connectivity index is 1.67. The van der Waals surface area contributed by atoms with Crippen molar-refractivity contribution in [3.05, 3.63) is 125 Å². The molecule has 0 saturated carbocycles. The molecule has 3 heteroatoms. The van der Waals surface area contributed by atoms with E-state index in [0.29, 0.717) is 13.2 Å². The van der Waals surface area contributed by atoms with Gasteiger partial charge in [0.05, 0.1) is 0 Å². The summed E-state index contributed by atoms with van der Waals surface area (Å²) in [5.41, 5.74) is 5.42. The molecule has 0 amide bonds. The Morgan fingerprint density at radius 1 is 0.697 bits per heavy atom. The normalized spacial score (nSPS) is 11.1. The van der Waals surface area contributed by atoms with Crippen molar-refractivity contribution < 1.29 is 9.47 Å². The maximum Gasteiger partial charge on any atom is 0.127 e. The molecule has 0 atom stereocenters. The molecular formula is C30H29NO2. The van der Waals surface area contributed by atoms with Crippen LogP contribution in [-0.2, 0) is 13.2 Å². The molecule has 0 unspecified atom stereocenters. The maximum atomic E-state index is 6.34. The lowest BCUT2D eigenvalue weighted by molar-refractivity contribution is 0.282. The lowest BCUT2D eigenvalue weighted by atomic mass is 9.98. The molecule has 1 heterocycles. The van der Waals surface area contributed by atoms with Crippen LogP contribution in [-0.4, -0.2) is 4.98 Å². The highest BCUT2D eigenvalue weighted by molar-refractivity contribution is 5.71. The average molecular weight is 436 g/mol. The summed E-state index contributed by atoms with van der Waals surface area (Å²) >= 11 is 0. The summed E-state index contributed by atoms with van der Waals surface area (Å²) in [7, 11) is 0. The van der Waals surface area contributed by atoms with Gasteiger partial charge in [0.15, 0.2) is 0 Å². The Hall–Kier alpha value is -3.85. The average Bonchev–Trinajstić information content (AvgIpc) is 2.86. The van der Waals surface area contributed by atoms with Gasteiger partial charge in [-0.2, -0.15) is 0 Å². The number of rotatable bonds is 9. The van der Waals surface area contributed by atoms with E-state index in [1.165, 1.54) is 0 Å². The van der Waals surface area contributed by atoms with E-state index >= 15 is 0 Å². The molecule has 3 aromatic carbocycles. The van der Waals surface area contributed by atoms with Gasteiger partial charge in [0.1, 0.15) is 24.7 Å². The molecule has 33 heavy (non-hydrogen) atoms. The molecule has 166 valence electrons. The van der Waals surface area contributed by atoms with Gasteiger partial charge in [-0.3, -0.25) is 4.98 Å². The molecule has 4 aromatic rings. The van der Waals surface area contributed by atoms with Crippen LogP contribution in [0.1, 0.15) is 47.6 Å². The van der Waals surface area contributed by atoms with Gasteiger partial charge < -0.3 is 9.47 Å². The van der Waals surface area contributed by atoms with Crippen LogP contribution >= 0.6 is 0 Å². The van der Waals surface area contributed by atoms with Gasteiger partial charge in [0, 0.05) is 18.0 Å². The third-order valence-corrected chi connectivity index (χ3v) is 5.33. The first kappa shape index (κ1) is 22.3. The summed E-state index contributed by atoms with van der Waals surface area (Å²) in [6.45, 7) is 5.36. The van der Waals surface area contributed by atoms with E-state index in [2.05, 4.69) is 67.4 Å². The van der Waals surface area contributed by atoms with E-state index in [1.54, 1.807) is 6.20 Å². The molecule has 1 aromatic heterocycles. The highest BCUT2D eigenvalue weighted by atomic mass is 16.5. The number of ether oxygens (including phenoxy) is 2. The predicted molar refractivity (Wildman–Crippen MR) is 135 cm³/mol. The molecule has 0 aliphatic heterocycles. The number of benzene rings is 3. The zero-order valence-electron chi connectivity index (χ0n) is 19.1. The minimum absolute atomic E-state index is 0.248. The molecular weight excluding hydrogens is 406 g/mol. The summed E-state index contributed by atoms with van der Waals surface area (Å²) in [5, 5.41) is 0. The Labute approximate surface area is 196 Å². The van der Waals surface area contributed by atoms with Crippen molar-refractivity contribution in [3.8, 4) is 11.5 Å². The van der Waals surface area contributed by atoms with Gasteiger partial charge in [-0.1, -0.05) is 92.7 Å². The molecule has 0 aliphatic rings. The second kappa shape index (κ2) is 11.1. The SMILES string of the molecule is CC(C)c1c(OCc2ccccc2)cc(/C=C/c2cccnc2)cc1OCc1ccccc1. The lowest BCUT2D eigenvalue weighted by Crippen LogP contribution is -2.05. The standard InChI is InChI=1S/C30H29NO2/c1-23(2)30-28(32-21-25-10-5-3-6-11-25)18-27(16-15-24-14-9-17-31-20-24)19-29(30)33-22-26-12-7-4-8-13-26/h3-20,23H,21-22H2,1-2H3/b16-15+.